The molecule has 0 radical (unpaired) electrons. The Hall–Kier alpha value is -2.62. The van der Waals surface area contributed by atoms with Gasteiger partial charge in [0.15, 0.2) is 0 Å². The minimum absolute atomic E-state index is 0.0583. The van der Waals surface area contributed by atoms with Crippen molar-refractivity contribution < 1.29 is 4.79 Å². The molecular formula is C16H15N3O. The average molecular weight is 265 g/mol. The summed E-state index contributed by atoms with van der Waals surface area (Å²) < 4.78 is 1.66. The molecule has 1 heterocycles. The molecule has 0 saturated heterocycles. The Labute approximate surface area is 117 Å². The monoisotopic (exact) mass is 265 g/mol. The Morgan fingerprint density at radius 1 is 1.15 bits per heavy atom. The summed E-state index contributed by atoms with van der Waals surface area (Å²) in [5, 5.41) is 0. The second-order valence-corrected chi connectivity index (χ2v) is 4.80. The topological polar surface area (TPSA) is 46.9 Å². The molecule has 4 nitrogen and oxygen atoms in total. The molecule has 3 aromatic rings. The number of carbonyl (C=O) groups is 1. The quantitative estimate of drug-likeness (QED) is 0.791. The van der Waals surface area contributed by atoms with Crippen molar-refractivity contribution in [2.24, 2.45) is 0 Å². The number of aromatic nitrogens is 2. The van der Waals surface area contributed by atoms with Crippen molar-refractivity contribution in [2.75, 3.05) is 5.43 Å². The zero-order valence-electron chi connectivity index (χ0n) is 11.2. The van der Waals surface area contributed by atoms with E-state index in [0.717, 1.165) is 16.6 Å². The first-order valence-corrected chi connectivity index (χ1v) is 6.50. The summed E-state index contributed by atoms with van der Waals surface area (Å²) in [5.41, 5.74) is 6.79. The molecule has 0 bridgehead atoms. The number of amides is 1. The van der Waals surface area contributed by atoms with Crippen molar-refractivity contribution in [2.45, 2.75) is 13.3 Å². The number of benzene rings is 2. The number of para-hydroxylation sites is 2. The molecule has 0 atom stereocenters. The van der Waals surface area contributed by atoms with E-state index in [0.29, 0.717) is 6.42 Å². The fraction of sp³-hybridized carbons (Fsp3) is 0.125. The molecule has 3 rings (SSSR count). The number of hydrogen-bond donors (Lipinski definition) is 1. The van der Waals surface area contributed by atoms with Crippen LogP contribution in [-0.2, 0) is 11.2 Å². The lowest BCUT2D eigenvalue weighted by atomic mass is 10.1. The van der Waals surface area contributed by atoms with Crippen LogP contribution in [0.3, 0.4) is 0 Å². The van der Waals surface area contributed by atoms with Crippen LogP contribution in [0.2, 0.25) is 0 Å². The predicted octanol–water partition coefficient (Wildman–Crippen LogP) is 2.66. The molecule has 20 heavy (non-hydrogen) atoms. The van der Waals surface area contributed by atoms with Crippen molar-refractivity contribution in [3.05, 3.63) is 66.0 Å². The van der Waals surface area contributed by atoms with Gasteiger partial charge in [0.25, 0.3) is 0 Å². The maximum absolute atomic E-state index is 12.0. The third-order valence-corrected chi connectivity index (χ3v) is 3.18. The summed E-state index contributed by atoms with van der Waals surface area (Å²) >= 11 is 0. The lowest BCUT2D eigenvalue weighted by molar-refractivity contribution is -0.116. The highest BCUT2D eigenvalue weighted by atomic mass is 16.2. The zero-order chi connectivity index (χ0) is 13.9. The molecule has 0 spiro atoms. The fourth-order valence-electron chi connectivity index (χ4n) is 2.11. The molecule has 4 heteroatoms. The lowest BCUT2D eigenvalue weighted by Crippen LogP contribution is -2.23. The predicted molar refractivity (Wildman–Crippen MR) is 79.0 cm³/mol. The number of carbonyl (C=O) groups excluding carboxylic acids is 1. The summed E-state index contributed by atoms with van der Waals surface area (Å²) in [7, 11) is 0. The van der Waals surface area contributed by atoms with E-state index in [1.807, 2.05) is 55.5 Å². The maximum Gasteiger partial charge on any atom is 0.243 e. The van der Waals surface area contributed by atoms with Crippen LogP contribution in [0.25, 0.3) is 11.0 Å². The Bertz CT molecular complexity index is 744. The van der Waals surface area contributed by atoms with Gasteiger partial charge in [0.05, 0.1) is 17.5 Å². The number of rotatable bonds is 3. The van der Waals surface area contributed by atoms with Gasteiger partial charge in [0.2, 0.25) is 5.91 Å². The zero-order valence-corrected chi connectivity index (χ0v) is 11.2. The molecule has 0 aliphatic heterocycles. The van der Waals surface area contributed by atoms with E-state index in [-0.39, 0.29) is 5.91 Å². The normalized spacial score (nSPS) is 10.7. The summed E-state index contributed by atoms with van der Waals surface area (Å²) in [6.07, 6.45) is 1.98. The van der Waals surface area contributed by atoms with Crippen LogP contribution in [-0.4, -0.2) is 15.6 Å². The highest BCUT2D eigenvalue weighted by Crippen LogP contribution is 2.10. The van der Waals surface area contributed by atoms with Crippen molar-refractivity contribution in [1.82, 2.24) is 9.66 Å². The molecule has 0 fully saturated rings. The number of fused-ring (bicyclic) bond motifs is 1. The SMILES string of the molecule is Cc1ccc(CC(=O)Nn2cnc3ccccc32)cc1. The molecule has 2 aromatic carbocycles. The van der Waals surface area contributed by atoms with E-state index < -0.39 is 0 Å². The Morgan fingerprint density at radius 3 is 2.70 bits per heavy atom. The van der Waals surface area contributed by atoms with Gasteiger partial charge >= 0.3 is 0 Å². The first kappa shape index (κ1) is 12.4. The largest absolute Gasteiger partial charge is 0.273 e. The Morgan fingerprint density at radius 2 is 1.90 bits per heavy atom. The minimum atomic E-state index is -0.0583. The number of aryl methyl sites for hydroxylation is 1. The van der Waals surface area contributed by atoms with Crippen molar-refractivity contribution in [1.29, 1.82) is 0 Å². The van der Waals surface area contributed by atoms with E-state index in [4.69, 9.17) is 0 Å². The summed E-state index contributed by atoms with van der Waals surface area (Å²) in [6, 6.07) is 15.7. The lowest BCUT2D eigenvalue weighted by Gasteiger charge is -2.07. The average Bonchev–Trinajstić information content (AvgIpc) is 2.85. The highest BCUT2D eigenvalue weighted by Gasteiger charge is 2.06. The third kappa shape index (κ3) is 2.54. The van der Waals surface area contributed by atoms with Crippen LogP contribution in [0.5, 0.6) is 0 Å². The van der Waals surface area contributed by atoms with Gasteiger partial charge in [-0.15, -0.1) is 0 Å². The highest BCUT2D eigenvalue weighted by molar-refractivity contribution is 5.88. The van der Waals surface area contributed by atoms with Crippen molar-refractivity contribution in [3.63, 3.8) is 0 Å². The first-order valence-electron chi connectivity index (χ1n) is 6.50. The van der Waals surface area contributed by atoms with Gasteiger partial charge in [-0.2, -0.15) is 0 Å². The molecule has 1 amide bonds. The van der Waals surface area contributed by atoms with Crippen molar-refractivity contribution in [3.8, 4) is 0 Å². The van der Waals surface area contributed by atoms with E-state index in [9.17, 15) is 4.79 Å². The summed E-state index contributed by atoms with van der Waals surface area (Å²) in [6.45, 7) is 2.03. The molecular weight excluding hydrogens is 250 g/mol. The second-order valence-electron chi connectivity index (χ2n) is 4.80. The van der Waals surface area contributed by atoms with Crippen LogP contribution >= 0.6 is 0 Å². The van der Waals surface area contributed by atoms with E-state index in [2.05, 4.69) is 10.4 Å². The molecule has 0 aliphatic rings. The van der Waals surface area contributed by atoms with Crippen LogP contribution in [0.1, 0.15) is 11.1 Å². The Kier molecular flexibility index (Phi) is 3.21. The molecule has 0 aliphatic carbocycles. The first-order chi connectivity index (χ1) is 9.72. The smallest absolute Gasteiger partial charge is 0.243 e. The number of nitrogens with one attached hydrogen (secondary N) is 1. The molecule has 1 aromatic heterocycles. The molecule has 1 N–H and O–H groups in total. The van der Waals surface area contributed by atoms with Gasteiger partial charge in [0, 0.05) is 0 Å². The van der Waals surface area contributed by atoms with Crippen LogP contribution < -0.4 is 5.43 Å². The number of nitrogens with zero attached hydrogens (tertiary/aromatic N) is 2. The van der Waals surface area contributed by atoms with Gasteiger partial charge < -0.3 is 0 Å². The minimum Gasteiger partial charge on any atom is -0.273 e. The van der Waals surface area contributed by atoms with Gasteiger partial charge in [0.1, 0.15) is 6.33 Å². The summed E-state index contributed by atoms with van der Waals surface area (Å²) in [4.78, 5) is 16.3. The van der Waals surface area contributed by atoms with Gasteiger partial charge in [-0.05, 0) is 24.6 Å². The van der Waals surface area contributed by atoms with Crippen molar-refractivity contribution >= 4 is 16.9 Å². The summed E-state index contributed by atoms with van der Waals surface area (Å²) in [5.74, 6) is -0.0583. The van der Waals surface area contributed by atoms with Gasteiger partial charge in [-0.1, -0.05) is 42.0 Å². The third-order valence-electron chi connectivity index (χ3n) is 3.18. The fourth-order valence-corrected chi connectivity index (χ4v) is 2.11. The molecule has 0 saturated carbocycles. The number of hydrogen-bond acceptors (Lipinski definition) is 2. The van der Waals surface area contributed by atoms with E-state index in [1.54, 1.807) is 11.0 Å². The molecule has 100 valence electrons. The Balaban J connectivity index is 1.74. The number of imidazole rings is 1. The van der Waals surface area contributed by atoms with Gasteiger partial charge in [-0.25, -0.2) is 9.66 Å². The van der Waals surface area contributed by atoms with E-state index >= 15 is 0 Å². The van der Waals surface area contributed by atoms with Crippen LogP contribution in [0.15, 0.2) is 54.9 Å². The second kappa shape index (κ2) is 5.17. The molecule has 0 unspecified atom stereocenters. The standard InChI is InChI=1S/C16H15N3O/c1-12-6-8-13(9-7-12)10-16(20)18-19-11-17-14-4-2-3-5-15(14)19/h2-9,11H,10H2,1H3,(H,18,20). The maximum atomic E-state index is 12.0. The van der Waals surface area contributed by atoms with E-state index in [1.165, 1.54) is 5.56 Å². The van der Waals surface area contributed by atoms with Crippen LogP contribution in [0.4, 0.5) is 0 Å². The van der Waals surface area contributed by atoms with Gasteiger partial charge in [-0.3, -0.25) is 10.2 Å². The van der Waals surface area contributed by atoms with Crippen LogP contribution in [0, 0.1) is 6.92 Å².